The smallest absolute Gasteiger partial charge is 0.138 e. The molecule has 0 spiro atoms. The van der Waals surface area contributed by atoms with Gasteiger partial charge in [0.15, 0.2) is 0 Å². The molecule has 0 bridgehead atoms. The Morgan fingerprint density at radius 1 is 1.20 bits per heavy atom. The average Bonchev–Trinajstić information content (AvgIpc) is 2.73. The summed E-state index contributed by atoms with van der Waals surface area (Å²) in [6.45, 7) is 6.49. The number of aryl methyl sites for hydroxylation is 2. The van der Waals surface area contributed by atoms with Crippen LogP contribution in [0.4, 0.5) is 0 Å². The number of halogens is 3. The van der Waals surface area contributed by atoms with Crippen LogP contribution in [0.15, 0.2) is 16.7 Å². The van der Waals surface area contributed by atoms with Gasteiger partial charge in [0.2, 0.25) is 0 Å². The molecule has 1 aromatic heterocycles. The summed E-state index contributed by atoms with van der Waals surface area (Å²) in [4.78, 5) is 0. The van der Waals surface area contributed by atoms with Gasteiger partial charge in [-0.2, -0.15) is 0 Å². The molecule has 1 unspecified atom stereocenters. The standard InChI is InChI=1S/C14H15Cl3N2O/c1-7(10-4-5-12(15)14(17)13(10)16)18-6-11-8(2)19-20-9(11)3/h4-5,7,18H,6H2,1-3H3. The number of rotatable bonds is 4. The fourth-order valence-corrected chi connectivity index (χ4v) is 2.70. The zero-order valence-electron chi connectivity index (χ0n) is 11.4. The van der Waals surface area contributed by atoms with Gasteiger partial charge in [-0.25, -0.2) is 0 Å². The second-order valence-electron chi connectivity index (χ2n) is 4.67. The maximum absolute atomic E-state index is 6.23. The molecule has 0 aliphatic rings. The summed E-state index contributed by atoms with van der Waals surface area (Å²) >= 11 is 18.2. The van der Waals surface area contributed by atoms with E-state index < -0.39 is 0 Å². The van der Waals surface area contributed by atoms with Crippen molar-refractivity contribution in [2.75, 3.05) is 0 Å². The molecule has 0 saturated carbocycles. The minimum absolute atomic E-state index is 0.0333. The highest BCUT2D eigenvalue weighted by molar-refractivity contribution is 6.48. The van der Waals surface area contributed by atoms with E-state index in [1.807, 2.05) is 26.8 Å². The maximum Gasteiger partial charge on any atom is 0.138 e. The van der Waals surface area contributed by atoms with Gasteiger partial charge in [-0.05, 0) is 32.4 Å². The molecule has 2 aromatic rings. The van der Waals surface area contributed by atoms with E-state index in [1.54, 1.807) is 6.07 Å². The Labute approximate surface area is 133 Å². The van der Waals surface area contributed by atoms with Crippen LogP contribution >= 0.6 is 34.8 Å². The normalized spacial score (nSPS) is 12.7. The molecule has 6 heteroatoms. The molecular formula is C14H15Cl3N2O. The number of hydrogen-bond acceptors (Lipinski definition) is 3. The molecule has 0 aliphatic carbocycles. The van der Waals surface area contributed by atoms with Crippen molar-refractivity contribution in [3.63, 3.8) is 0 Å². The fourth-order valence-electron chi connectivity index (χ4n) is 1.99. The quantitative estimate of drug-likeness (QED) is 0.791. The lowest BCUT2D eigenvalue weighted by Crippen LogP contribution is -2.19. The third-order valence-corrected chi connectivity index (χ3v) is 4.61. The van der Waals surface area contributed by atoms with Crippen LogP contribution in [0.2, 0.25) is 15.1 Å². The Hall–Kier alpha value is -0.740. The zero-order chi connectivity index (χ0) is 14.9. The first-order valence-corrected chi connectivity index (χ1v) is 7.33. The van der Waals surface area contributed by atoms with Gasteiger partial charge in [0.25, 0.3) is 0 Å². The molecule has 1 N–H and O–H groups in total. The van der Waals surface area contributed by atoms with E-state index in [-0.39, 0.29) is 6.04 Å². The van der Waals surface area contributed by atoms with Gasteiger partial charge in [-0.1, -0.05) is 46.0 Å². The highest BCUT2D eigenvalue weighted by atomic mass is 35.5. The second-order valence-corrected chi connectivity index (χ2v) is 5.83. The van der Waals surface area contributed by atoms with Crippen LogP contribution in [-0.2, 0) is 6.54 Å². The van der Waals surface area contributed by atoms with Crippen molar-refractivity contribution in [3.05, 3.63) is 49.8 Å². The van der Waals surface area contributed by atoms with Gasteiger partial charge in [-0.15, -0.1) is 0 Å². The Morgan fingerprint density at radius 3 is 2.50 bits per heavy atom. The van der Waals surface area contributed by atoms with Crippen molar-refractivity contribution < 1.29 is 4.52 Å². The molecule has 0 radical (unpaired) electrons. The topological polar surface area (TPSA) is 38.1 Å². The van der Waals surface area contributed by atoms with Gasteiger partial charge in [0.1, 0.15) is 5.76 Å². The van der Waals surface area contributed by atoms with E-state index in [0.717, 1.165) is 22.6 Å². The summed E-state index contributed by atoms with van der Waals surface area (Å²) in [7, 11) is 0. The van der Waals surface area contributed by atoms with Crippen LogP contribution in [0.25, 0.3) is 0 Å². The minimum Gasteiger partial charge on any atom is -0.361 e. The van der Waals surface area contributed by atoms with Crippen molar-refractivity contribution in [1.82, 2.24) is 10.5 Å². The van der Waals surface area contributed by atoms with Crippen LogP contribution in [0.1, 0.15) is 35.5 Å². The third kappa shape index (κ3) is 3.12. The first kappa shape index (κ1) is 15.6. The largest absolute Gasteiger partial charge is 0.361 e. The van der Waals surface area contributed by atoms with Gasteiger partial charge >= 0.3 is 0 Å². The van der Waals surface area contributed by atoms with Gasteiger partial charge < -0.3 is 9.84 Å². The van der Waals surface area contributed by atoms with Crippen LogP contribution in [0.5, 0.6) is 0 Å². The SMILES string of the molecule is Cc1noc(C)c1CNC(C)c1ccc(Cl)c(Cl)c1Cl. The van der Waals surface area contributed by atoms with Gasteiger partial charge in [0.05, 0.1) is 20.8 Å². The van der Waals surface area contributed by atoms with Crippen molar-refractivity contribution in [2.24, 2.45) is 0 Å². The minimum atomic E-state index is 0.0333. The number of nitrogens with zero attached hydrogens (tertiary/aromatic N) is 1. The van der Waals surface area contributed by atoms with E-state index >= 15 is 0 Å². The number of aromatic nitrogens is 1. The van der Waals surface area contributed by atoms with E-state index in [9.17, 15) is 0 Å². The lowest BCUT2D eigenvalue weighted by atomic mass is 10.1. The molecule has 0 aliphatic heterocycles. The molecule has 20 heavy (non-hydrogen) atoms. The molecule has 108 valence electrons. The summed E-state index contributed by atoms with van der Waals surface area (Å²) in [6.07, 6.45) is 0. The van der Waals surface area contributed by atoms with Crippen LogP contribution < -0.4 is 5.32 Å². The van der Waals surface area contributed by atoms with E-state index in [2.05, 4.69) is 10.5 Å². The van der Waals surface area contributed by atoms with E-state index in [0.29, 0.717) is 21.6 Å². The highest BCUT2D eigenvalue weighted by Crippen LogP contribution is 2.35. The summed E-state index contributed by atoms with van der Waals surface area (Å²) in [6, 6.07) is 3.66. The van der Waals surface area contributed by atoms with Crippen molar-refractivity contribution in [2.45, 2.75) is 33.4 Å². The molecule has 2 rings (SSSR count). The molecular weight excluding hydrogens is 319 g/mol. The number of nitrogens with one attached hydrogen (secondary N) is 1. The van der Waals surface area contributed by atoms with Crippen LogP contribution in [0.3, 0.4) is 0 Å². The first-order chi connectivity index (χ1) is 9.41. The summed E-state index contributed by atoms with van der Waals surface area (Å²) in [5.41, 5.74) is 2.86. The molecule has 0 fully saturated rings. The lowest BCUT2D eigenvalue weighted by molar-refractivity contribution is 0.391. The molecule has 1 heterocycles. The maximum atomic E-state index is 6.23. The van der Waals surface area contributed by atoms with Gasteiger partial charge in [-0.3, -0.25) is 0 Å². The third-order valence-electron chi connectivity index (χ3n) is 3.30. The zero-order valence-corrected chi connectivity index (χ0v) is 13.7. The lowest BCUT2D eigenvalue weighted by Gasteiger charge is -2.16. The first-order valence-electron chi connectivity index (χ1n) is 6.20. The molecule has 1 atom stereocenters. The Kier molecular flexibility index (Phi) is 4.97. The van der Waals surface area contributed by atoms with E-state index in [1.165, 1.54) is 0 Å². The molecule has 1 aromatic carbocycles. The Bertz CT molecular complexity index is 606. The van der Waals surface area contributed by atoms with Crippen molar-refractivity contribution in [3.8, 4) is 0 Å². The highest BCUT2D eigenvalue weighted by Gasteiger charge is 2.15. The summed E-state index contributed by atoms with van der Waals surface area (Å²) < 4.78 is 5.14. The average molecular weight is 334 g/mol. The van der Waals surface area contributed by atoms with Crippen LogP contribution in [-0.4, -0.2) is 5.16 Å². The molecule has 3 nitrogen and oxygen atoms in total. The Morgan fingerprint density at radius 2 is 1.90 bits per heavy atom. The van der Waals surface area contributed by atoms with Crippen LogP contribution in [0, 0.1) is 13.8 Å². The summed E-state index contributed by atoms with van der Waals surface area (Å²) in [5, 5.41) is 8.64. The van der Waals surface area contributed by atoms with Crippen molar-refractivity contribution >= 4 is 34.8 Å². The second kappa shape index (κ2) is 6.35. The van der Waals surface area contributed by atoms with Gasteiger partial charge in [0, 0.05) is 18.2 Å². The van der Waals surface area contributed by atoms with E-state index in [4.69, 9.17) is 39.3 Å². The Balaban J connectivity index is 2.13. The fraction of sp³-hybridized carbons (Fsp3) is 0.357. The summed E-state index contributed by atoms with van der Waals surface area (Å²) in [5.74, 6) is 0.822. The predicted octanol–water partition coefficient (Wildman–Crippen LogP) is 5.10. The monoisotopic (exact) mass is 332 g/mol. The number of benzene rings is 1. The van der Waals surface area contributed by atoms with Crippen molar-refractivity contribution in [1.29, 1.82) is 0 Å². The predicted molar refractivity (Wildman–Crippen MR) is 82.7 cm³/mol. The molecule has 0 saturated heterocycles. The molecule has 0 amide bonds. The number of hydrogen-bond donors (Lipinski definition) is 1.